The highest BCUT2D eigenvalue weighted by Gasteiger charge is 2.33. The van der Waals surface area contributed by atoms with E-state index in [1.54, 1.807) is 35.1 Å². The van der Waals surface area contributed by atoms with Crippen LogP contribution in [0.15, 0.2) is 30.3 Å². The van der Waals surface area contributed by atoms with Crippen LogP contribution in [-0.2, 0) is 20.6 Å². The zero-order valence-corrected chi connectivity index (χ0v) is 12.9. The number of alkyl halides is 3. The third-order valence-electron chi connectivity index (χ3n) is 2.92. The number of carbonyl (C=O) groups excluding carboxylic acids is 1. The summed E-state index contributed by atoms with van der Waals surface area (Å²) in [6, 6.07) is 6.92. The second-order valence-electron chi connectivity index (χ2n) is 4.92. The molecule has 1 aromatic rings. The molecule has 0 aliphatic rings. The fraction of sp³-hybridized carbons (Fsp3) is 0.462. The number of sulfonamides is 1. The van der Waals surface area contributed by atoms with Crippen LogP contribution in [-0.4, -0.2) is 45.0 Å². The minimum atomic E-state index is -4.47. The van der Waals surface area contributed by atoms with Gasteiger partial charge in [-0.2, -0.15) is 13.2 Å². The van der Waals surface area contributed by atoms with Crippen LogP contribution in [0.2, 0.25) is 0 Å². The maximum absolute atomic E-state index is 12.3. The van der Waals surface area contributed by atoms with Crippen molar-refractivity contribution in [2.45, 2.75) is 24.9 Å². The number of nitrogens with one attached hydrogen (secondary N) is 1. The number of hydrogen-bond donors (Lipinski definition) is 1. The Morgan fingerprint density at radius 3 is 2.32 bits per heavy atom. The van der Waals surface area contributed by atoms with Gasteiger partial charge in [0.15, 0.2) is 0 Å². The van der Waals surface area contributed by atoms with E-state index in [0.29, 0.717) is 5.56 Å². The molecule has 124 valence electrons. The fourth-order valence-electron chi connectivity index (χ4n) is 1.69. The van der Waals surface area contributed by atoms with Crippen molar-refractivity contribution in [2.24, 2.45) is 0 Å². The van der Waals surface area contributed by atoms with Gasteiger partial charge in [-0.25, -0.2) is 8.42 Å². The van der Waals surface area contributed by atoms with Gasteiger partial charge in [0.1, 0.15) is 0 Å². The van der Waals surface area contributed by atoms with Crippen molar-refractivity contribution >= 4 is 15.9 Å². The second kappa shape index (κ2) is 7.10. The summed E-state index contributed by atoms with van der Waals surface area (Å²) >= 11 is 0. The van der Waals surface area contributed by atoms with Gasteiger partial charge in [-0.1, -0.05) is 30.3 Å². The van der Waals surface area contributed by atoms with Gasteiger partial charge in [-0.15, -0.1) is 0 Å². The van der Waals surface area contributed by atoms with Gasteiger partial charge in [0.25, 0.3) is 0 Å². The Morgan fingerprint density at radius 2 is 1.82 bits per heavy atom. The third kappa shape index (κ3) is 6.44. The van der Waals surface area contributed by atoms with E-state index in [0.717, 1.165) is 11.9 Å². The van der Waals surface area contributed by atoms with Crippen LogP contribution < -0.4 is 4.72 Å². The Labute approximate surface area is 127 Å². The number of benzene rings is 1. The number of likely N-dealkylation sites (N-methyl/N-ethyl adjacent to an activating group) is 1. The lowest BCUT2D eigenvalue weighted by Gasteiger charge is -2.24. The van der Waals surface area contributed by atoms with E-state index < -0.39 is 40.4 Å². The Morgan fingerprint density at radius 1 is 1.27 bits per heavy atom. The monoisotopic (exact) mass is 338 g/mol. The number of amides is 1. The normalized spacial score (nSPS) is 13.9. The van der Waals surface area contributed by atoms with E-state index in [1.807, 2.05) is 0 Å². The summed E-state index contributed by atoms with van der Waals surface area (Å²) in [5.41, 5.74) is 0.471. The molecule has 0 unspecified atom stereocenters. The van der Waals surface area contributed by atoms with Gasteiger partial charge >= 0.3 is 6.18 Å². The van der Waals surface area contributed by atoms with E-state index in [9.17, 15) is 26.4 Å². The van der Waals surface area contributed by atoms with Crippen molar-refractivity contribution < 1.29 is 26.4 Å². The first-order chi connectivity index (χ1) is 10.0. The molecular weight excluding hydrogens is 321 g/mol. The van der Waals surface area contributed by atoms with E-state index in [4.69, 9.17) is 0 Å². The number of hydrogen-bond acceptors (Lipinski definition) is 4. The quantitative estimate of drug-likeness (QED) is 0.854. The van der Waals surface area contributed by atoms with Crippen LogP contribution in [0.3, 0.4) is 0 Å². The summed E-state index contributed by atoms with van der Waals surface area (Å²) in [4.78, 5) is 12.5. The molecule has 1 N–H and O–H groups in total. The number of carbonyl (C=O) groups is 1. The molecule has 1 aromatic carbocycles. The predicted octanol–water partition coefficient (Wildman–Crippen LogP) is 1.52. The first-order valence-electron chi connectivity index (χ1n) is 6.35. The summed E-state index contributed by atoms with van der Waals surface area (Å²) in [6.07, 6.45) is -4.47. The molecule has 22 heavy (non-hydrogen) atoms. The Kier molecular flexibility index (Phi) is 5.95. The molecule has 0 spiro atoms. The van der Waals surface area contributed by atoms with Crippen LogP contribution in [0.5, 0.6) is 0 Å². The van der Waals surface area contributed by atoms with Crippen molar-refractivity contribution in [1.82, 2.24) is 9.62 Å². The molecule has 0 saturated heterocycles. The van der Waals surface area contributed by atoms with E-state index >= 15 is 0 Å². The maximum Gasteiger partial charge on any atom is 0.401 e. The smallest absolute Gasteiger partial charge is 0.287 e. The molecule has 0 saturated carbocycles. The molecule has 0 aromatic heterocycles. The molecule has 9 heteroatoms. The molecular formula is C13H17F3N2O3S. The average molecular weight is 338 g/mol. The van der Waals surface area contributed by atoms with Gasteiger partial charge in [0.2, 0.25) is 15.9 Å². The number of nitrogens with zero attached hydrogens (tertiary/aromatic N) is 1. The van der Waals surface area contributed by atoms with Gasteiger partial charge in [-0.05, 0) is 19.5 Å². The molecule has 0 heterocycles. The highest BCUT2D eigenvalue weighted by Crippen LogP contribution is 2.17. The lowest BCUT2D eigenvalue weighted by molar-refractivity contribution is -0.150. The molecule has 1 amide bonds. The summed E-state index contributed by atoms with van der Waals surface area (Å²) in [5, 5.41) is 0. The van der Waals surface area contributed by atoms with Gasteiger partial charge in [0.05, 0.1) is 18.3 Å². The molecule has 0 bridgehead atoms. The number of rotatable bonds is 6. The maximum atomic E-state index is 12.3. The van der Waals surface area contributed by atoms with Crippen LogP contribution in [0.25, 0.3) is 0 Å². The molecule has 1 atom stereocenters. The zero-order valence-electron chi connectivity index (χ0n) is 12.1. The molecule has 0 radical (unpaired) electrons. The minimum absolute atomic E-state index is 0.421. The average Bonchev–Trinajstić information content (AvgIpc) is 2.35. The van der Waals surface area contributed by atoms with E-state index in [-0.39, 0.29) is 0 Å². The topological polar surface area (TPSA) is 66.5 Å². The van der Waals surface area contributed by atoms with Crippen LogP contribution >= 0.6 is 0 Å². The van der Waals surface area contributed by atoms with Gasteiger partial charge in [-0.3, -0.25) is 14.4 Å². The van der Waals surface area contributed by atoms with Crippen molar-refractivity contribution in [1.29, 1.82) is 0 Å². The van der Waals surface area contributed by atoms with Crippen LogP contribution in [0, 0.1) is 0 Å². The van der Waals surface area contributed by atoms with Gasteiger partial charge in [0, 0.05) is 0 Å². The van der Waals surface area contributed by atoms with Crippen LogP contribution in [0.4, 0.5) is 13.2 Å². The molecule has 0 aliphatic heterocycles. The molecule has 0 fully saturated rings. The third-order valence-corrected chi connectivity index (χ3v) is 4.15. The van der Waals surface area contributed by atoms with E-state index in [2.05, 4.69) is 0 Å². The summed E-state index contributed by atoms with van der Waals surface area (Å²) in [5.74, 6) is -1.42. The first-order valence-corrected chi connectivity index (χ1v) is 8.00. The molecule has 1 rings (SSSR count). The predicted molar refractivity (Wildman–Crippen MR) is 75.4 cm³/mol. The Bertz CT molecular complexity index is 603. The van der Waals surface area contributed by atoms with Crippen molar-refractivity contribution in [3.8, 4) is 0 Å². The second-order valence-corrected chi connectivity index (χ2v) is 6.64. The Balaban J connectivity index is 2.66. The fourth-order valence-corrected chi connectivity index (χ4v) is 2.87. The highest BCUT2D eigenvalue weighted by molar-refractivity contribution is 7.89. The zero-order chi connectivity index (χ0) is 17.0. The molecule has 5 nitrogen and oxygen atoms in total. The molecule has 0 aliphatic carbocycles. The van der Waals surface area contributed by atoms with Crippen molar-refractivity contribution in [2.75, 3.05) is 13.6 Å². The Hall–Kier alpha value is -1.61. The van der Waals surface area contributed by atoms with Gasteiger partial charge < -0.3 is 0 Å². The first kappa shape index (κ1) is 18.4. The van der Waals surface area contributed by atoms with E-state index in [1.165, 1.54) is 6.92 Å². The summed E-state index contributed by atoms with van der Waals surface area (Å²) < 4.78 is 62.3. The van der Waals surface area contributed by atoms with Crippen molar-refractivity contribution in [3.63, 3.8) is 0 Å². The summed E-state index contributed by atoms with van der Waals surface area (Å²) in [7, 11) is -2.86. The SMILES string of the molecule is C[C@@H](C(=O)NS(=O)(=O)Cc1ccccc1)N(C)CC(F)(F)F. The van der Waals surface area contributed by atoms with Crippen molar-refractivity contribution in [3.05, 3.63) is 35.9 Å². The standard InChI is InChI=1S/C13H17F3N2O3S/c1-10(18(2)9-13(14,15)16)12(19)17-22(20,21)8-11-6-4-3-5-7-11/h3-7,10H,8-9H2,1-2H3,(H,17,19)/t10-/m0/s1. The largest absolute Gasteiger partial charge is 0.401 e. The summed E-state index contributed by atoms with van der Waals surface area (Å²) in [6.45, 7) is -0.0978. The highest BCUT2D eigenvalue weighted by atomic mass is 32.2. The van der Waals surface area contributed by atoms with Crippen LogP contribution in [0.1, 0.15) is 12.5 Å². The lowest BCUT2D eigenvalue weighted by atomic mass is 10.2. The number of halogens is 3. The lowest BCUT2D eigenvalue weighted by Crippen LogP contribution is -2.48. The minimum Gasteiger partial charge on any atom is -0.287 e.